The van der Waals surface area contributed by atoms with Gasteiger partial charge in [0, 0.05) is 17.8 Å². The summed E-state index contributed by atoms with van der Waals surface area (Å²) in [5.74, 6) is 0.763. The summed E-state index contributed by atoms with van der Waals surface area (Å²) in [5, 5.41) is 7.00. The molecule has 0 radical (unpaired) electrons. The zero-order valence-corrected chi connectivity index (χ0v) is 9.30. The van der Waals surface area contributed by atoms with Gasteiger partial charge in [-0.2, -0.15) is 0 Å². The zero-order chi connectivity index (χ0) is 11.0. The summed E-state index contributed by atoms with van der Waals surface area (Å²) in [5.41, 5.74) is 1.32. The second-order valence-corrected chi connectivity index (χ2v) is 5.13. The summed E-state index contributed by atoms with van der Waals surface area (Å²) in [6.45, 7) is 2.10. The molecule has 0 atom stereocenters. The molecule has 2 bridgehead atoms. The van der Waals surface area contributed by atoms with Crippen LogP contribution in [0.2, 0.25) is 0 Å². The fraction of sp³-hybridized carbons (Fsp3) is 0.538. The smallest absolute Gasteiger partial charge is 0.123 e. The van der Waals surface area contributed by atoms with Crippen LogP contribution in [0.4, 0.5) is 10.1 Å². The van der Waals surface area contributed by atoms with Gasteiger partial charge in [0.15, 0.2) is 0 Å². The van der Waals surface area contributed by atoms with E-state index < -0.39 is 0 Å². The Balaban J connectivity index is 1.58. The average molecular weight is 220 g/mol. The van der Waals surface area contributed by atoms with Crippen molar-refractivity contribution in [1.29, 1.82) is 0 Å². The molecule has 86 valence electrons. The van der Waals surface area contributed by atoms with Gasteiger partial charge in [0.1, 0.15) is 5.82 Å². The van der Waals surface area contributed by atoms with Crippen molar-refractivity contribution in [2.24, 2.45) is 5.92 Å². The van der Waals surface area contributed by atoms with Gasteiger partial charge < -0.3 is 10.6 Å². The lowest BCUT2D eigenvalue weighted by Crippen LogP contribution is -2.63. The highest BCUT2D eigenvalue weighted by Gasteiger charge is 2.46. The topological polar surface area (TPSA) is 24.1 Å². The predicted octanol–water partition coefficient (Wildman–Crippen LogP) is 2.38. The van der Waals surface area contributed by atoms with Gasteiger partial charge in [-0.05, 0) is 56.0 Å². The lowest BCUT2D eigenvalue weighted by molar-refractivity contribution is 0.0639. The number of hydrogen-bond acceptors (Lipinski definition) is 2. The maximum atomic E-state index is 12.7. The first-order valence-electron chi connectivity index (χ1n) is 6.00. The van der Waals surface area contributed by atoms with Gasteiger partial charge in [0.25, 0.3) is 0 Å². The van der Waals surface area contributed by atoms with Crippen LogP contribution in [0.5, 0.6) is 0 Å². The fourth-order valence-electron chi connectivity index (χ4n) is 2.98. The monoisotopic (exact) mass is 220 g/mol. The van der Waals surface area contributed by atoms with Gasteiger partial charge >= 0.3 is 0 Å². The number of hydrogen-bond donors (Lipinski definition) is 2. The summed E-state index contributed by atoms with van der Waals surface area (Å²) in [4.78, 5) is 0. The van der Waals surface area contributed by atoms with E-state index in [1.54, 1.807) is 12.1 Å². The van der Waals surface area contributed by atoms with Crippen molar-refractivity contribution in [2.75, 3.05) is 18.4 Å². The van der Waals surface area contributed by atoms with E-state index in [9.17, 15) is 4.39 Å². The highest BCUT2D eigenvalue weighted by Crippen LogP contribution is 2.43. The maximum absolute atomic E-state index is 12.7. The Bertz CT molecular complexity index is 363. The summed E-state index contributed by atoms with van der Waals surface area (Å²) in [7, 11) is 0. The van der Waals surface area contributed by atoms with E-state index in [1.165, 1.54) is 31.4 Å². The average Bonchev–Trinajstić information content (AvgIpc) is 2.28. The first kappa shape index (κ1) is 10.1. The maximum Gasteiger partial charge on any atom is 0.123 e. The normalized spacial score (nSPS) is 31.9. The van der Waals surface area contributed by atoms with Crippen LogP contribution in [0.15, 0.2) is 24.3 Å². The molecule has 4 rings (SSSR count). The van der Waals surface area contributed by atoms with E-state index in [-0.39, 0.29) is 5.82 Å². The molecule has 0 amide bonds. The molecule has 1 saturated carbocycles. The Morgan fingerprint density at radius 2 is 2.06 bits per heavy atom. The molecule has 16 heavy (non-hydrogen) atoms. The molecular weight excluding hydrogens is 203 g/mol. The van der Waals surface area contributed by atoms with E-state index in [2.05, 4.69) is 10.6 Å². The van der Waals surface area contributed by atoms with E-state index in [0.717, 1.165) is 24.7 Å². The van der Waals surface area contributed by atoms with Crippen molar-refractivity contribution in [2.45, 2.75) is 24.8 Å². The Kier molecular flexibility index (Phi) is 2.36. The summed E-state index contributed by atoms with van der Waals surface area (Å²) >= 11 is 0. The van der Waals surface area contributed by atoms with Crippen molar-refractivity contribution >= 4 is 5.69 Å². The van der Waals surface area contributed by atoms with E-state index in [1.807, 2.05) is 0 Å². The second kappa shape index (κ2) is 3.74. The van der Waals surface area contributed by atoms with Gasteiger partial charge in [0.2, 0.25) is 0 Å². The lowest BCUT2D eigenvalue weighted by Gasteiger charge is -2.53. The van der Waals surface area contributed by atoms with Crippen LogP contribution >= 0.6 is 0 Å². The molecule has 0 aromatic heterocycles. The number of fused-ring (bicyclic) bond motifs is 2. The quantitative estimate of drug-likeness (QED) is 0.817. The Hall–Kier alpha value is -1.09. The van der Waals surface area contributed by atoms with Crippen LogP contribution in [-0.2, 0) is 0 Å². The van der Waals surface area contributed by atoms with E-state index >= 15 is 0 Å². The highest BCUT2D eigenvalue weighted by molar-refractivity contribution is 5.43. The minimum atomic E-state index is -0.178. The van der Waals surface area contributed by atoms with Gasteiger partial charge in [-0.25, -0.2) is 4.39 Å². The summed E-state index contributed by atoms with van der Waals surface area (Å²) < 4.78 is 12.7. The third kappa shape index (κ3) is 1.80. The summed E-state index contributed by atoms with van der Waals surface area (Å²) in [6, 6.07) is 6.59. The lowest BCUT2D eigenvalue weighted by atomic mass is 9.64. The van der Waals surface area contributed by atoms with Crippen molar-refractivity contribution in [3.8, 4) is 0 Å². The van der Waals surface area contributed by atoms with Gasteiger partial charge in [-0.15, -0.1) is 0 Å². The van der Waals surface area contributed by atoms with E-state index in [0.29, 0.717) is 5.54 Å². The highest BCUT2D eigenvalue weighted by atomic mass is 19.1. The molecule has 0 spiro atoms. The van der Waals surface area contributed by atoms with Crippen LogP contribution in [0, 0.1) is 11.7 Å². The van der Waals surface area contributed by atoms with Crippen molar-refractivity contribution in [3.05, 3.63) is 30.1 Å². The van der Waals surface area contributed by atoms with E-state index in [4.69, 9.17) is 0 Å². The SMILES string of the molecule is Fc1ccc(NCC23CC(CCN2)C3)cc1. The molecule has 1 aliphatic carbocycles. The Labute approximate surface area is 95.2 Å². The molecule has 2 nitrogen and oxygen atoms in total. The first-order chi connectivity index (χ1) is 7.76. The number of piperidine rings is 2. The molecule has 3 heteroatoms. The Morgan fingerprint density at radius 1 is 1.31 bits per heavy atom. The molecule has 1 aromatic rings. The van der Waals surface area contributed by atoms with Crippen molar-refractivity contribution in [1.82, 2.24) is 5.32 Å². The number of anilines is 1. The minimum absolute atomic E-state index is 0.178. The molecule has 3 aliphatic rings. The van der Waals surface area contributed by atoms with Gasteiger partial charge in [-0.1, -0.05) is 0 Å². The first-order valence-corrected chi connectivity index (χ1v) is 6.00. The van der Waals surface area contributed by atoms with Crippen LogP contribution in [0.3, 0.4) is 0 Å². The molecule has 2 aliphatic heterocycles. The molecule has 2 heterocycles. The number of nitrogens with one attached hydrogen (secondary N) is 2. The second-order valence-electron chi connectivity index (χ2n) is 5.13. The van der Waals surface area contributed by atoms with Gasteiger partial charge in [-0.3, -0.25) is 0 Å². The molecule has 3 fully saturated rings. The predicted molar refractivity (Wildman–Crippen MR) is 63.0 cm³/mol. The minimum Gasteiger partial charge on any atom is -0.383 e. The van der Waals surface area contributed by atoms with Gasteiger partial charge in [0.05, 0.1) is 0 Å². The fourth-order valence-corrected chi connectivity index (χ4v) is 2.98. The third-order valence-corrected chi connectivity index (χ3v) is 3.89. The number of benzene rings is 1. The van der Waals surface area contributed by atoms with Crippen molar-refractivity contribution in [3.63, 3.8) is 0 Å². The zero-order valence-electron chi connectivity index (χ0n) is 9.30. The van der Waals surface area contributed by atoms with Crippen molar-refractivity contribution < 1.29 is 4.39 Å². The van der Waals surface area contributed by atoms with Crippen LogP contribution < -0.4 is 10.6 Å². The number of rotatable bonds is 3. The number of halogens is 1. The van der Waals surface area contributed by atoms with Crippen LogP contribution in [-0.4, -0.2) is 18.6 Å². The van der Waals surface area contributed by atoms with Crippen LogP contribution in [0.1, 0.15) is 19.3 Å². The van der Waals surface area contributed by atoms with Crippen LogP contribution in [0.25, 0.3) is 0 Å². The third-order valence-electron chi connectivity index (χ3n) is 3.89. The molecule has 0 unspecified atom stereocenters. The largest absolute Gasteiger partial charge is 0.383 e. The Morgan fingerprint density at radius 3 is 2.69 bits per heavy atom. The molecule has 1 aromatic carbocycles. The molecule has 2 N–H and O–H groups in total. The summed E-state index contributed by atoms with van der Waals surface area (Å²) in [6.07, 6.45) is 3.92. The molecular formula is C13H17FN2. The standard InChI is InChI=1S/C13H17FN2/c14-11-1-3-12(4-2-11)15-9-13-7-10(8-13)5-6-16-13/h1-4,10,15-16H,5-9H2. The molecule has 2 saturated heterocycles.